The van der Waals surface area contributed by atoms with Crippen LogP contribution in [0.1, 0.15) is 49.0 Å². The molecule has 0 radical (unpaired) electrons. The summed E-state index contributed by atoms with van der Waals surface area (Å²) in [6.07, 6.45) is 4.11. The molecule has 4 atom stereocenters. The van der Waals surface area contributed by atoms with Crippen molar-refractivity contribution in [3.63, 3.8) is 0 Å². The average Bonchev–Trinajstić information content (AvgIpc) is 3.45. The van der Waals surface area contributed by atoms with Crippen LogP contribution in [-0.2, 0) is 27.3 Å². The van der Waals surface area contributed by atoms with Gasteiger partial charge >= 0.3 is 0 Å². The van der Waals surface area contributed by atoms with Crippen LogP contribution in [-0.4, -0.2) is 39.1 Å². The molecule has 2 aliphatic rings. The fourth-order valence-corrected chi connectivity index (χ4v) is 5.92. The number of nitrogens with zero attached hydrogens (tertiary/aromatic N) is 3. The lowest BCUT2D eigenvalue weighted by Gasteiger charge is -2.26. The van der Waals surface area contributed by atoms with Crippen LogP contribution in [0.4, 0.5) is 15.9 Å². The van der Waals surface area contributed by atoms with Crippen LogP contribution in [0.25, 0.3) is 0 Å². The first-order chi connectivity index (χ1) is 17.7. The van der Waals surface area contributed by atoms with E-state index >= 15 is 0 Å². The van der Waals surface area contributed by atoms with Crippen molar-refractivity contribution < 1.29 is 18.5 Å². The second-order valence-electron chi connectivity index (χ2n) is 9.82. The van der Waals surface area contributed by atoms with E-state index in [-0.39, 0.29) is 23.7 Å². The molecule has 0 aliphatic carbocycles. The summed E-state index contributed by atoms with van der Waals surface area (Å²) in [4.78, 5) is 34.6. The summed E-state index contributed by atoms with van der Waals surface area (Å²) >= 11 is -1.15. The monoisotopic (exact) mass is 520 g/mol. The summed E-state index contributed by atoms with van der Waals surface area (Å²) in [5, 5.41) is 2.90. The van der Waals surface area contributed by atoms with E-state index in [1.165, 1.54) is 17.9 Å². The molecule has 1 N–H and O–H groups in total. The summed E-state index contributed by atoms with van der Waals surface area (Å²) in [7, 11) is 0. The normalized spacial score (nSPS) is 21.6. The third-order valence-corrected chi connectivity index (χ3v) is 8.02. The predicted molar refractivity (Wildman–Crippen MR) is 141 cm³/mol. The maximum atomic E-state index is 13.9. The molecular formula is C28H29FN4O3S. The second kappa shape index (κ2) is 10.1. The topological polar surface area (TPSA) is 88.6 Å². The quantitative estimate of drug-likeness (QED) is 0.497. The number of hydrogen-bond acceptors (Lipinski definition) is 5. The van der Waals surface area contributed by atoms with Gasteiger partial charge in [0.1, 0.15) is 23.9 Å². The number of aromatic nitrogens is 1. The molecule has 3 heterocycles. The summed E-state index contributed by atoms with van der Waals surface area (Å²) in [5.74, 6) is 0.389. The number of hydrogen-bond donors (Lipinski definition) is 1. The Hall–Kier alpha value is -3.43. The Bertz CT molecular complexity index is 1330. The molecule has 1 aromatic heterocycles. The Kier molecular flexibility index (Phi) is 6.92. The first-order valence-electron chi connectivity index (χ1n) is 12.2. The number of nitrogens with one attached hydrogen (secondary N) is 1. The van der Waals surface area contributed by atoms with E-state index in [2.05, 4.69) is 22.1 Å². The van der Waals surface area contributed by atoms with Crippen LogP contribution in [0, 0.1) is 11.7 Å². The Balaban J connectivity index is 1.35. The van der Waals surface area contributed by atoms with E-state index in [1.807, 2.05) is 12.1 Å². The third kappa shape index (κ3) is 5.06. The molecule has 5 rings (SSSR count). The van der Waals surface area contributed by atoms with Gasteiger partial charge in [0.05, 0.1) is 17.9 Å². The standard InChI is InChI=1S/C28H29FN4O3S/c1-17-11-25(19-5-4-6-21(29)12-19)33(15-17)26-10-7-22(14-30-26)31-28(35)27-24-9-8-23(37(3)36)13-20(24)16-32(27)18(2)34/h4-10,12-14,17,25,27H,11,15-16H2,1-3H3,(H,31,35). The van der Waals surface area contributed by atoms with Crippen LogP contribution in [0.2, 0.25) is 0 Å². The number of carbonyl (C=O) groups excluding carboxylic acids is 2. The highest BCUT2D eigenvalue weighted by atomic mass is 32.2. The van der Waals surface area contributed by atoms with E-state index in [1.54, 1.807) is 48.9 Å². The number of carbonyl (C=O) groups is 2. The number of rotatable bonds is 5. The van der Waals surface area contributed by atoms with E-state index in [9.17, 15) is 18.5 Å². The molecule has 1 fully saturated rings. The number of halogens is 1. The van der Waals surface area contributed by atoms with Crippen LogP contribution < -0.4 is 10.2 Å². The Labute approximate surface area is 218 Å². The summed E-state index contributed by atoms with van der Waals surface area (Å²) in [6, 6.07) is 14.9. The van der Waals surface area contributed by atoms with E-state index in [0.29, 0.717) is 23.0 Å². The van der Waals surface area contributed by atoms with Crippen molar-refractivity contribution in [1.82, 2.24) is 9.88 Å². The molecule has 2 aliphatic heterocycles. The van der Waals surface area contributed by atoms with Gasteiger partial charge in [0.25, 0.3) is 5.91 Å². The van der Waals surface area contributed by atoms with E-state index in [4.69, 9.17) is 0 Å². The van der Waals surface area contributed by atoms with Crippen LogP contribution in [0.15, 0.2) is 65.7 Å². The molecule has 2 amide bonds. The van der Waals surface area contributed by atoms with Gasteiger partial charge in [-0.15, -0.1) is 0 Å². The number of anilines is 2. The van der Waals surface area contributed by atoms with Gasteiger partial charge in [-0.05, 0) is 76.6 Å². The van der Waals surface area contributed by atoms with Gasteiger partial charge in [-0.3, -0.25) is 9.59 Å². The molecule has 0 saturated carbocycles. The zero-order chi connectivity index (χ0) is 26.3. The Morgan fingerprint density at radius 2 is 1.97 bits per heavy atom. The van der Waals surface area contributed by atoms with Crippen LogP contribution in [0.3, 0.4) is 0 Å². The molecule has 9 heteroatoms. The lowest BCUT2D eigenvalue weighted by molar-refractivity contribution is -0.136. The van der Waals surface area contributed by atoms with Crippen molar-refractivity contribution in [3.05, 3.63) is 83.3 Å². The largest absolute Gasteiger partial charge is 0.612 e. The van der Waals surface area contributed by atoms with Crippen LogP contribution in [0.5, 0.6) is 0 Å². The highest BCUT2D eigenvalue weighted by Gasteiger charge is 2.38. The molecule has 7 nitrogen and oxygen atoms in total. The molecule has 0 bridgehead atoms. The minimum atomic E-state index is -1.15. The average molecular weight is 521 g/mol. The Morgan fingerprint density at radius 1 is 1.16 bits per heavy atom. The number of fused-ring (bicyclic) bond motifs is 1. The highest BCUT2D eigenvalue weighted by molar-refractivity contribution is 7.90. The van der Waals surface area contributed by atoms with Gasteiger partial charge in [-0.25, -0.2) is 9.37 Å². The van der Waals surface area contributed by atoms with Crippen molar-refractivity contribution in [1.29, 1.82) is 0 Å². The van der Waals surface area contributed by atoms with E-state index in [0.717, 1.165) is 35.5 Å². The first-order valence-corrected chi connectivity index (χ1v) is 13.8. The first kappa shape index (κ1) is 25.2. The molecule has 1 saturated heterocycles. The van der Waals surface area contributed by atoms with Crippen molar-refractivity contribution in [2.24, 2.45) is 5.92 Å². The van der Waals surface area contributed by atoms with Gasteiger partial charge < -0.3 is 19.7 Å². The summed E-state index contributed by atoms with van der Waals surface area (Å²) in [6.45, 7) is 4.70. The summed E-state index contributed by atoms with van der Waals surface area (Å²) in [5.41, 5.74) is 2.99. The minimum absolute atomic E-state index is 0.0279. The molecule has 37 heavy (non-hydrogen) atoms. The van der Waals surface area contributed by atoms with Crippen molar-refractivity contribution in [2.45, 2.75) is 43.8 Å². The third-order valence-electron chi connectivity index (χ3n) is 7.10. The smallest absolute Gasteiger partial charge is 0.251 e. The van der Waals surface area contributed by atoms with Gasteiger partial charge in [-0.1, -0.05) is 25.1 Å². The molecular weight excluding hydrogens is 491 g/mol. The highest BCUT2D eigenvalue weighted by Crippen LogP contribution is 2.39. The maximum Gasteiger partial charge on any atom is 0.251 e. The molecule has 3 aromatic rings. The van der Waals surface area contributed by atoms with Crippen molar-refractivity contribution in [2.75, 3.05) is 23.0 Å². The fourth-order valence-electron chi connectivity index (χ4n) is 5.35. The zero-order valence-corrected chi connectivity index (χ0v) is 21.8. The predicted octanol–water partition coefficient (Wildman–Crippen LogP) is 4.59. The second-order valence-corrected chi connectivity index (χ2v) is 11.2. The lowest BCUT2D eigenvalue weighted by Crippen LogP contribution is -2.35. The van der Waals surface area contributed by atoms with Gasteiger partial charge in [0, 0.05) is 20.0 Å². The van der Waals surface area contributed by atoms with Crippen molar-refractivity contribution >= 4 is 34.5 Å². The van der Waals surface area contributed by atoms with Gasteiger partial charge in [-0.2, -0.15) is 0 Å². The Morgan fingerprint density at radius 3 is 2.65 bits per heavy atom. The number of benzene rings is 2. The molecule has 192 valence electrons. The SMILES string of the molecule is CC(=O)N1Cc2cc([S+](C)[O-])ccc2C1C(=O)Nc1ccc(N2CC(C)CC2c2cccc(F)c2)nc1. The minimum Gasteiger partial charge on any atom is -0.612 e. The van der Waals surface area contributed by atoms with E-state index < -0.39 is 17.2 Å². The number of pyridine rings is 1. The summed E-state index contributed by atoms with van der Waals surface area (Å²) < 4.78 is 25.8. The zero-order valence-electron chi connectivity index (χ0n) is 21.0. The molecule has 4 unspecified atom stereocenters. The molecule has 0 spiro atoms. The van der Waals surface area contributed by atoms with Crippen LogP contribution >= 0.6 is 0 Å². The molecule has 2 aromatic carbocycles. The van der Waals surface area contributed by atoms with Gasteiger partial charge in [0.2, 0.25) is 5.91 Å². The fraction of sp³-hybridized carbons (Fsp3) is 0.321. The maximum absolute atomic E-state index is 13.9. The van der Waals surface area contributed by atoms with Gasteiger partial charge in [0.15, 0.2) is 4.90 Å². The number of amides is 2. The lowest BCUT2D eigenvalue weighted by atomic mass is 10.0. The van der Waals surface area contributed by atoms with Crippen molar-refractivity contribution in [3.8, 4) is 0 Å².